The summed E-state index contributed by atoms with van der Waals surface area (Å²) in [6, 6.07) is 18.8. The SMILES string of the molecule is CN(CCc1ccccc1)C(=O)c1cnc(NC2CC2)nc1C1(c2ccc(Cl)cc2)CCCC1. The predicted molar refractivity (Wildman–Crippen MR) is 136 cm³/mol. The Balaban J connectivity index is 1.50. The number of benzene rings is 2. The first-order valence-corrected chi connectivity index (χ1v) is 12.6. The summed E-state index contributed by atoms with van der Waals surface area (Å²) < 4.78 is 0. The van der Waals surface area contributed by atoms with Crippen LogP contribution in [0.4, 0.5) is 5.95 Å². The highest BCUT2D eigenvalue weighted by Gasteiger charge is 2.42. The molecule has 0 spiro atoms. The summed E-state index contributed by atoms with van der Waals surface area (Å²) in [7, 11) is 1.87. The van der Waals surface area contributed by atoms with Crippen molar-refractivity contribution in [3.8, 4) is 0 Å². The molecule has 6 heteroatoms. The second-order valence-corrected chi connectivity index (χ2v) is 10.1. The van der Waals surface area contributed by atoms with Gasteiger partial charge in [0.25, 0.3) is 5.91 Å². The van der Waals surface area contributed by atoms with E-state index in [1.807, 2.05) is 37.4 Å². The molecule has 2 fully saturated rings. The van der Waals surface area contributed by atoms with Gasteiger partial charge in [0.15, 0.2) is 0 Å². The van der Waals surface area contributed by atoms with Gasteiger partial charge in [-0.3, -0.25) is 4.79 Å². The first kappa shape index (κ1) is 22.9. The maximum Gasteiger partial charge on any atom is 0.257 e. The Morgan fingerprint density at radius 1 is 1.09 bits per heavy atom. The molecule has 2 aliphatic rings. The molecule has 34 heavy (non-hydrogen) atoms. The molecule has 0 saturated heterocycles. The topological polar surface area (TPSA) is 58.1 Å². The lowest BCUT2D eigenvalue weighted by Crippen LogP contribution is -2.34. The monoisotopic (exact) mass is 474 g/mol. The maximum absolute atomic E-state index is 13.7. The van der Waals surface area contributed by atoms with Crippen LogP contribution in [0.3, 0.4) is 0 Å². The number of halogens is 1. The van der Waals surface area contributed by atoms with E-state index in [2.05, 4.69) is 34.6 Å². The number of amides is 1. The predicted octanol–water partition coefficient (Wildman–Crippen LogP) is 5.88. The molecule has 2 aromatic carbocycles. The van der Waals surface area contributed by atoms with Crippen molar-refractivity contribution in [1.29, 1.82) is 0 Å². The molecule has 5 nitrogen and oxygen atoms in total. The van der Waals surface area contributed by atoms with E-state index in [1.165, 1.54) is 11.1 Å². The van der Waals surface area contributed by atoms with Crippen molar-refractivity contribution in [1.82, 2.24) is 14.9 Å². The molecule has 1 amide bonds. The summed E-state index contributed by atoms with van der Waals surface area (Å²) in [5.41, 5.74) is 3.54. The highest BCUT2D eigenvalue weighted by atomic mass is 35.5. The Morgan fingerprint density at radius 2 is 1.79 bits per heavy atom. The van der Waals surface area contributed by atoms with Crippen molar-refractivity contribution in [3.05, 3.63) is 88.2 Å². The molecule has 2 aliphatic carbocycles. The molecule has 5 rings (SSSR count). The summed E-state index contributed by atoms with van der Waals surface area (Å²) >= 11 is 6.21. The number of nitrogens with one attached hydrogen (secondary N) is 1. The summed E-state index contributed by atoms with van der Waals surface area (Å²) in [5, 5.41) is 4.15. The zero-order valence-electron chi connectivity index (χ0n) is 19.6. The summed E-state index contributed by atoms with van der Waals surface area (Å²) in [5.74, 6) is 0.602. The fourth-order valence-electron chi connectivity index (χ4n) is 5.04. The van der Waals surface area contributed by atoms with Crippen LogP contribution in [0.1, 0.15) is 65.7 Å². The van der Waals surface area contributed by atoms with E-state index in [-0.39, 0.29) is 11.3 Å². The first-order chi connectivity index (χ1) is 16.5. The van der Waals surface area contributed by atoms with E-state index in [9.17, 15) is 4.79 Å². The number of carbonyl (C=O) groups excluding carboxylic acids is 1. The van der Waals surface area contributed by atoms with E-state index in [0.717, 1.165) is 50.6 Å². The molecule has 0 radical (unpaired) electrons. The van der Waals surface area contributed by atoms with Crippen LogP contribution in [-0.2, 0) is 11.8 Å². The van der Waals surface area contributed by atoms with E-state index in [0.29, 0.717) is 29.1 Å². The van der Waals surface area contributed by atoms with Crippen molar-refractivity contribution in [2.24, 2.45) is 0 Å². The first-order valence-electron chi connectivity index (χ1n) is 12.2. The van der Waals surface area contributed by atoms with Gasteiger partial charge in [0.1, 0.15) is 0 Å². The molecule has 1 N–H and O–H groups in total. The van der Waals surface area contributed by atoms with Gasteiger partial charge in [-0.1, -0.05) is 66.9 Å². The molecule has 2 saturated carbocycles. The van der Waals surface area contributed by atoms with Gasteiger partial charge in [-0.15, -0.1) is 0 Å². The minimum atomic E-state index is -0.307. The Bertz CT molecular complexity index is 1140. The van der Waals surface area contributed by atoms with Gasteiger partial charge in [0, 0.05) is 36.3 Å². The summed E-state index contributed by atoms with van der Waals surface area (Å²) in [6.07, 6.45) is 8.97. The van der Waals surface area contributed by atoms with E-state index in [4.69, 9.17) is 16.6 Å². The zero-order chi connectivity index (χ0) is 23.5. The molecule has 0 unspecified atom stereocenters. The van der Waals surface area contributed by atoms with Crippen LogP contribution in [0.2, 0.25) is 5.02 Å². The third-order valence-corrected chi connectivity index (χ3v) is 7.41. The number of anilines is 1. The van der Waals surface area contributed by atoms with Crippen LogP contribution in [0.15, 0.2) is 60.8 Å². The smallest absolute Gasteiger partial charge is 0.257 e. The number of nitrogens with zero attached hydrogens (tertiary/aromatic N) is 3. The fraction of sp³-hybridized carbons (Fsp3) is 0.393. The quantitative estimate of drug-likeness (QED) is 0.443. The van der Waals surface area contributed by atoms with Crippen molar-refractivity contribution in [3.63, 3.8) is 0 Å². The number of hydrogen-bond acceptors (Lipinski definition) is 4. The highest BCUT2D eigenvalue weighted by molar-refractivity contribution is 6.30. The maximum atomic E-state index is 13.7. The standard InChI is InChI=1S/C28H31ClN4O/c1-33(18-15-20-7-3-2-4-8-20)26(34)24-19-30-27(31-23-13-14-23)32-25(24)28(16-5-6-17-28)21-9-11-22(29)12-10-21/h2-4,7-12,19,23H,5-6,13-18H2,1H3,(H,30,31,32). The third-order valence-electron chi connectivity index (χ3n) is 7.16. The zero-order valence-corrected chi connectivity index (χ0v) is 20.4. The average molecular weight is 475 g/mol. The van der Waals surface area contributed by atoms with Gasteiger partial charge in [-0.2, -0.15) is 0 Å². The van der Waals surface area contributed by atoms with E-state index >= 15 is 0 Å². The Labute approximate surface area is 206 Å². The van der Waals surface area contributed by atoms with Crippen molar-refractivity contribution >= 4 is 23.5 Å². The minimum absolute atomic E-state index is 0.0239. The van der Waals surface area contributed by atoms with Crippen LogP contribution in [0.25, 0.3) is 0 Å². The molecule has 0 aliphatic heterocycles. The van der Waals surface area contributed by atoms with E-state index < -0.39 is 0 Å². The summed E-state index contributed by atoms with van der Waals surface area (Å²) in [4.78, 5) is 25.1. The Morgan fingerprint density at radius 3 is 2.47 bits per heavy atom. The number of hydrogen-bond donors (Lipinski definition) is 1. The molecule has 1 heterocycles. The Hall–Kier alpha value is -2.92. The van der Waals surface area contributed by atoms with Gasteiger partial charge >= 0.3 is 0 Å². The molecule has 1 aromatic heterocycles. The second-order valence-electron chi connectivity index (χ2n) is 9.63. The normalized spacial score (nSPS) is 16.9. The van der Waals surface area contributed by atoms with Gasteiger partial charge in [0.2, 0.25) is 5.95 Å². The number of aromatic nitrogens is 2. The molecule has 0 atom stereocenters. The Kier molecular flexibility index (Phi) is 6.55. The average Bonchev–Trinajstić information content (AvgIpc) is 3.54. The molecular formula is C28H31ClN4O. The van der Waals surface area contributed by atoms with Crippen LogP contribution in [-0.4, -0.2) is 40.4 Å². The lowest BCUT2D eigenvalue weighted by Gasteiger charge is -2.32. The number of likely N-dealkylation sites (N-methyl/N-ethyl adjacent to an activating group) is 1. The fourth-order valence-corrected chi connectivity index (χ4v) is 5.17. The number of rotatable bonds is 8. The molecule has 176 valence electrons. The highest BCUT2D eigenvalue weighted by Crippen LogP contribution is 2.47. The van der Waals surface area contributed by atoms with Crippen LogP contribution >= 0.6 is 11.6 Å². The second kappa shape index (κ2) is 9.75. The van der Waals surface area contributed by atoms with Crippen molar-refractivity contribution < 1.29 is 4.79 Å². The third kappa shape index (κ3) is 4.80. The minimum Gasteiger partial charge on any atom is -0.351 e. The lowest BCUT2D eigenvalue weighted by molar-refractivity contribution is 0.0793. The van der Waals surface area contributed by atoms with Gasteiger partial charge in [-0.25, -0.2) is 9.97 Å². The summed E-state index contributed by atoms with van der Waals surface area (Å²) in [6.45, 7) is 0.637. The van der Waals surface area contributed by atoms with Crippen molar-refractivity contribution in [2.75, 3.05) is 18.9 Å². The number of carbonyl (C=O) groups is 1. The van der Waals surface area contributed by atoms with Gasteiger partial charge < -0.3 is 10.2 Å². The largest absolute Gasteiger partial charge is 0.351 e. The molecule has 3 aromatic rings. The van der Waals surface area contributed by atoms with Crippen LogP contribution in [0, 0.1) is 0 Å². The molecule has 0 bridgehead atoms. The van der Waals surface area contributed by atoms with Crippen LogP contribution < -0.4 is 5.32 Å². The van der Waals surface area contributed by atoms with Crippen LogP contribution in [0.5, 0.6) is 0 Å². The van der Waals surface area contributed by atoms with Gasteiger partial charge in [0.05, 0.1) is 11.3 Å². The molecular weight excluding hydrogens is 444 g/mol. The van der Waals surface area contributed by atoms with E-state index in [1.54, 1.807) is 11.1 Å². The van der Waals surface area contributed by atoms with Crippen molar-refractivity contribution in [2.45, 2.75) is 56.4 Å². The lowest BCUT2D eigenvalue weighted by atomic mass is 9.74. The van der Waals surface area contributed by atoms with Gasteiger partial charge in [-0.05, 0) is 55.4 Å².